The maximum absolute atomic E-state index is 11.1. The van der Waals surface area contributed by atoms with Crippen LogP contribution in [0.2, 0.25) is 0 Å². The molecule has 0 fully saturated rings. The number of nitrogens with one attached hydrogen (secondary N) is 1. The molecule has 1 aromatic carbocycles. The van der Waals surface area contributed by atoms with Gasteiger partial charge in [-0.25, -0.2) is 0 Å². The van der Waals surface area contributed by atoms with Gasteiger partial charge < -0.3 is 10.1 Å². The molecule has 0 heterocycles. The van der Waals surface area contributed by atoms with Crippen LogP contribution in [0.1, 0.15) is 5.56 Å². The first-order valence-electron chi connectivity index (χ1n) is 4.59. The first-order chi connectivity index (χ1) is 7.52. The van der Waals surface area contributed by atoms with Crippen LogP contribution in [0.25, 0.3) is 0 Å². The molecule has 1 aromatic rings. The molecule has 0 radical (unpaired) electrons. The minimum absolute atomic E-state index is 0.481. The van der Waals surface area contributed by atoms with Gasteiger partial charge in [0, 0.05) is 16.7 Å². The van der Waals surface area contributed by atoms with Crippen LogP contribution in [0.15, 0.2) is 18.2 Å². The predicted octanol–water partition coefficient (Wildman–Crippen LogP) is 1.22. The van der Waals surface area contributed by atoms with Crippen LogP contribution in [0.5, 0.6) is 5.75 Å². The molecule has 1 N–H and O–H groups in total. The number of methoxy groups -OCH3 is 1. The fourth-order valence-electron chi connectivity index (χ4n) is 1.22. The fraction of sp³-hybridized carbons (Fsp3) is 0.300. The van der Waals surface area contributed by atoms with Gasteiger partial charge in [-0.1, -0.05) is 6.07 Å². The van der Waals surface area contributed by atoms with Crippen molar-refractivity contribution in [2.75, 3.05) is 19.0 Å². The lowest BCUT2D eigenvalue weighted by molar-refractivity contribution is -0.467. The number of hydrogen-bond acceptors (Lipinski definition) is 4. The van der Waals surface area contributed by atoms with Crippen molar-refractivity contribution >= 4 is 11.6 Å². The maximum Gasteiger partial charge on any atom is 0.296 e. The summed E-state index contributed by atoms with van der Waals surface area (Å²) in [5.41, 5.74) is 1.41. The smallest absolute Gasteiger partial charge is 0.296 e. The lowest BCUT2D eigenvalue weighted by Crippen LogP contribution is -2.21. The first kappa shape index (κ1) is 12.0. The lowest BCUT2D eigenvalue weighted by atomic mass is 10.2. The van der Waals surface area contributed by atoms with Gasteiger partial charge in [-0.15, -0.1) is 0 Å². The number of amides is 1. The van der Waals surface area contributed by atoms with E-state index >= 15 is 0 Å². The van der Waals surface area contributed by atoms with E-state index in [1.54, 1.807) is 18.2 Å². The van der Waals surface area contributed by atoms with E-state index < -0.39 is 17.4 Å². The third-order valence-corrected chi connectivity index (χ3v) is 1.96. The lowest BCUT2D eigenvalue weighted by Gasteiger charge is -2.07. The predicted molar refractivity (Wildman–Crippen MR) is 58.2 cm³/mol. The molecule has 86 valence electrons. The van der Waals surface area contributed by atoms with Crippen molar-refractivity contribution in [1.29, 1.82) is 0 Å². The molecule has 6 nitrogen and oxygen atoms in total. The van der Waals surface area contributed by atoms with E-state index in [2.05, 4.69) is 5.32 Å². The van der Waals surface area contributed by atoms with Crippen molar-refractivity contribution < 1.29 is 14.5 Å². The summed E-state index contributed by atoms with van der Waals surface area (Å²) in [4.78, 5) is 20.5. The van der Waals surface area contributed by atoms with Crippen LogP contribution in [0, 0.1) is 17.0 Å². The van der Waals surface area contributed by atoms with E-state index in [9.17, 15) is 14.9 Å². The second-order valence-electron chi connectivity index (χ2n) is 3.22. The number of anilines is 1. The second kappa shape index (κ2) is 5.11. The average Bonchev–Trinajstić information content (AvgIpc) is 2.19. The fourth-order valence-corrected chi connectivity index (χ4v) is 1.22. The largest absolute Gasteiger partial charge is 0.496 e. The van der Waals surface area contributed by atoms with Crippen molar-refractivity contribution in [2.24, 2.45) is 0 Å². The number of rotatable bonds is 4. The van der Waals surface area contributed by atoms with Crippen molar-refractivity contribution in [3.63, 3.8) is 0 Å². The molecule has 0 spiro atoms. The molecule has 1 rings (SSSR count). The summed E-state index contributed by atoms with van der Waals surface area (Å²) < 4.78 is 5.06. The van der Waals surface area contributed by atoms with Crippen molar-refractivity contribution in [3.8, 4) is 5.75 Å². The van der Waals surface area contributed by atoms with Gasteiger partial charge in [0.05, 0.1) is 7.11 Å². The zero-order chi connectivity index (χ0) is 12.1. The molecular weight excluding hydrogens is 212 g/mol. The molecule has 0 saturated heterocycles. The van der Waals surface area contributed by atoms with Gasteiger partial charge in [0.2, 0.25) is 0 Å². The minimum Gasteiger partial charge on any atom is -0.496 e. The molecule has 0 saturated carbocycles. The molecule has 16 heavy (non-hydrogen) atoms. The van der Waals surface area contributed by atoms with Gasteiger partial charge in [0.25, 0.3) is 12.5 Å². The molecule has 0 unspecified atom stereocenters. The van der Waals surface area contributed by atoms with Gasteiger partial charge in [0.15, 0.2) is 0 Å². The SMILES string of the molecule is COc1cc(NC(=O)C[N+](=O)[O-])ccc1C. The van der Waals surface area contributed by atoms with Crippen molar-refractivity contribution in [3.05, 3.63) is 33.9 Å². The van der Waals surface area contributed by atoms with E-state index in [-0.39, 0.29) is 0 Å². The van der Waals surface area contributed by atoms with E-state index in [1.165, 1.54) is 7.11 Å². The normalized spacial score (nSPS) is 9.62. The van der Waals surface area contributed by atoms with E-state index in [4.69, 9.17) is 4.74 Å². The van der Waals surface area contributed by atoms with Gasteiger partial charge in [-0.3, -0.25) is 14.9 Å². The van der Waals surface area contributed by atoms with Gasteiger partial charge >= 0.3 is 0 Å². The summed E-state index contributed by atoms with van der Waals surface area (Å²) in [6.07, 6.45) is 0. The number of hydrogen-bond donors (Lipinski definition) is 1. The Kier molecular flexibility index (Phi) is 3.82. The Balaban J connectivity index is 2.74. The summed E-state index contributed by atoms with van der Waals surface area (Å²) in [7, 11) is 1.52. The molecule has 0 aliphatic rings. The molecule has 0 aliphatic carbocycles. The van der Waals surface area contributed by atoms with Crippen LogP contribution >= 0.6 is 0 Å². The molecule has 0 atom stereocenters. The van der Waals surface area contributed by atoms with Crippen LogP contribution in [-0.4, -0.2) is 24.5 Å². The quantitative estimate of drug-likeness (QED) is 0.615. The average molecular weight is 224 g/mol. The van der Waals surface area contributed by atoms with E-state index in [0.29, 0.717) is 11.4 Å². The Hall–Kier alpha value is -2.11. The highest BCUT2D eigenvalue weighted by Gasteiger charge is 2.10. The molecular formula is C10H12N2O4. The zero-order valence-corrected chi connectivity index (χ0v) is 9.02. The Morgan fingerprint density at radius 1 is 1.56 bits per heavy atom. The number of ether oxygens (including phenoxy) is 1. The summed E-state index contributed by atoms with van der Waals surface area (Å²) >= 11 is 0. The van der Waals surface area contributed by atoms with Crippen molar-refractivity contribution in [1.82, 2.24) is 0 Å². The Bertz CT molecular complexity index is 417. The van der Waals surface area contributed by atoms with Crippen LogP contribution in [0.4, 0.5) is 5.69 Å². The molecule has 1 amide bonds. The highest BCUT2D eigenvalue weighted by atomic mass is 16.6. The molecule has 6 heteroatoms. The van der Waals surface area contributed by atoms with Gasteiger partial charge in [-0.2, -0.15) is 0 Å². The highest BCUT2D eigenvalue weighted by Crippen LogP contribution is 2.21. The second-order valence-corrected chi connectivity index (χ2v) is 3.22. The number of aryl methyl sites for hydroxylation is 1. The third kappa shape index (κ3) is 3.23. The van der Waals surface area contributed by atoms with Gasteiger partial charge in [-0.05, 0) is 18.6 Å². The summed E-state index contributed by atoms with van der Waals surface area (Å²) in [5.74, 6) is -0.0326. The van der Waals surface area contributed by atoms with Crippen LogP contribution in [0.3, 0.4) is 0 Å². The third-order valence-electron chi connectivity index (χ3n) is 1.96. The number of benzene rings is 1. The Morgan fingerprint density at radius 3 is 2.81 bits per heavy atom. The topological polar surface area (TPSA) is 81.5 Å². The van der Waals surface area contributed by atoms with Crippen LogP contribution < -0.4 is 10.1 Å². The Morgan fingerprint density at radius 2 is 2.25 bits per heavy atom. The minimum atomic E-state index is -0.740. The molecule has 0 aliphatic heterocycles. The number of carbonyl (C=O) groups excluding carboxylic acids is 1. The maximum atomic E-state index is 11.1. The molecule has 0 aromatic heterocycles. The van der Waals surface area contributed by atoms with Crippen LogP contribution in [-0.2, 0) is 4.79 Å². The summed E-state index contributed by atoms with van der Waals surface area (Å²) in [6, 6.07) is 5.05. The van der Waals surface area contributed by atoms with Gasteiger partial charge in [0.1, 0.15) is 5.75 Å². The van der Waals surface area contributed by atoms with E-state index in [0.717, 1.165) is 5.56 Å². The number of nitro groups is 1. The standard InChI is InChI=1S/C10H12N2O4/c1-7-3-4-8(5-9(7)16-2)11-10(13)6-12(14)15/h3-5H,6H2,1-2H3,(H,11,13). The summed E-state index contributed by atoms with van der Waals surface area (Å²) in [6.45, 7) is 1.12. The zero-order valence-electron chi connectivity index (χ0n) is 9.02. The highest BCUT2D eigenvalue weighted by molar-refractivity contribution is 5.91. The van der Waals surface area contributed by atoms with E-state index in [1.807, 2.05) is 6.92 Å². The number of nitrogens with zero attached hydrogens (tertiary/aromatic N) is 1. The first-order valence-corrected chi connectivity index (χ1v) is 4.59. The summed E-state index contributed by atoms with van der Waals surface area (Å²) in [5, 5.41) is 12.5. The number of carbonyl (C=O) groups is 1. The van der Waals surface area contributed by atoms with Crippen molar-refractivity contribution in [2.45, 2.75) is 6.92 Å². The molecule has 0 bridgehead atoms. The Labute approximate surface area is 92.4 Å². The monoisotopic (exact) mass is 224 g/mol.